The van der Waals surface area contributed by atoms with Gasteiger partial charge in [-0.3, -0.25) is 0 Å². The van der Waals surface area contributed by atoms with E-state index in [4.69, 9.17) is 0 Å². The van der Waals surface area contributed by atoms with E-state index in [1.807, 2.05) is 6.08 Å². The van der Waals surface area contributed by atoms with Gasteiger partial charge in [0.05, 0.1) is 19.6 Å². The summed E-state index contributed by atoms with van der Waals surface area (Å²) < 4.78 is 1.16. The number of halogens is 1. The number of rotatable bonds is 7. The maximum Gasteiger partial charge on any atom is 0.104 e. The summed E-state index contributed by atoms with van der Waals surface area (Å²) >= 11 is 0. The van der Waals surface area contributed by atoms with Crippen LogP contribution in [-0.2, 0) is 6.54 Å². The number of hydrogen-bond donors (Lipinski definition) is 0. The van der Waals surface area contributed by atoms with Crippen LogP contribution in [0.25, 0.3) is 0 Å². The van der Waals surface area contributed by atoms with Gasteiger partial charge in [0.1, 0.15) is 6.54 Å². The second-order valence-corrected chi connectivity index (χ2v) is 4.42. The predicted molar refractivity (Wildman–Crippen MR) is 71.2 cm³/mol. The summed E-state index contributed by atoms with van der Waals surface area (Å²) in [6.07, 6.45) is 3.14. The molecule has 0 aromatic heterocycles. The van der Waals surface area contributed by atoms with Crippen molar-refractivity contribution in [2.24, 2.45) is 0 Å². The molecule has 1 aromatic carbocycles. The predicted octanol–water partition coefficient (Wildman–Crippen LogP) is 0.623. The zero-order valence-corrected chi connectivity index (χ0v) is 12.6. The topological polar surface area (TPSA) is 0 Å². The minimum absolute atomic E-state index is 0. The lowest BCUT2D eigenvalue weighted by Gasteiger charge is -2.36. The summed E-state index contributed by atoms with van der Waals surface area (Å²) in [7, 11) is 0. The molecular formula is C15H24BrN. The summed E-state index contributed by atoms with van der Waals surface area (Å²) in [5, 5.41) is 0. The molecule has 1 rings (SSSR count). The van der Waals surface area contributed by atoms with Gasteiger partial charge < -0.3 is 21.5 Å². The molecule has 0 saturated heterocycles. The Bertz CT molecular complexity index is 304. The van der Waals surface area contributed by atoms with Crippen LogP contribution in [0.5, 0.6) is 0 Å². The Labute approximate surface area is 117 Å². The van der Waals surface area contributed by atoms with Crippen LogP contribution in [0.2, 0.25) is 0 Å². The smallest absolute Gasteiger partial charge is 0.104 e. The first-order valence-electron chi connectivity index (χ1n) is 6.26. The SMILES string of the molecule is C=CCC[N+](CC)(CC)Cc1ccccc1.[Br-]. The molecule has 0 N–H and O–H groups in total. The molecule has 0 amide bonds. The van der Waals surface area contributed by atoms with Crippen LogP contribution in [0.3, 0.4) is 0 Å². The van der Waals surface area contributed by atoms with E-state index in [2.05, 4.69) is 50.8 Å². The molecule has 0 heterocycles. The molecule has 0 spiro atoms. The van der Waals surface area contributed by atoms with Crippen molar-refractivity contribution in [3.05, 3.63) is 48.6 Å². The third kappa shape index (κ3) is 5.05. The summed E-state index contributed by atoms with van der Waals surface area (Å²) in [5.74, 6) is 0. The molecule has 1 aromatic rings. The van der Waals surface area contributed by atoms with Crippen molar-refractivity contribution in [2.45, 2.75) is 26.8 Å². The summed E-state index contributed by atoms with van der Waals surface area (Å²) in [4.78, 5) is 0. The second kappa shape index (κ2) is 8.48. The average Bonchev–Trinajstić information content (AvgIpc) is 2.36. The van der Waals surface area contributed by atoms with Crippen LogP contribution in [0.1, 0.15) is 25.8 Å². The highest BCUT2D eigenvalue weighted by Crippen LogP contribution is 2.15. The van der Waals surface area contributed by atoms with Gasteiger partial charge in [0.15, 0.2) is 0 Å². The third-order valence-electron chi connectivity index (χ3n) is 3.51. The maximum absolute atomic E-state index is 3.83. The Morgan fingerprint density at radius 2 is 1.71 bits per heavy atom. The fourth-order valence-corrected chi connectivity index (χ4v) is 2.18. The molecule has 0 atom stereocenters. The molecule has 0 aliphatic heterocycles. The van der Waals surface area contributed by atoms with Crippen LogP contribution in [0.4, 0.5) is 0 Å². The molecule has 0 bridgehead atoms. The van der Waals surface area contributed by atoms with E-state index in [-0.39, 0.29) is 17.0 Å². The molecule has 0 saturated carbocycles. The maximum atomic E-state index is 3.83. The van der Waals surface area contributed by atoms with Crippen molar-refractivity contribution < 1.29 is 21.5 Å². The van der Waals surface area contributed by atoms with Gasteiger partial charge in [-0.15, -0.1) is 6.58 Å². The van der Waals surface area contributed by atoms with E-state index < -0.39 is 0 Å². The van der Waals surface area contributed by atoms with E-state index in [0.717, 1.165) is 17.4 Å². The van der Waals surface area contributed by atoms with Crippen molar-refractivity contribution in [2.75, 3.05) is 19.6 Å². The van der Waals surface area contributed by atoms with Crippen LogP contribution >= 0.6 is 0 Å². The first-order valence-corrected chi connectivity index (χ1v) is 6.26. The van der Waals surface area contributed by atoms with E-state index >= 15 is 0 Å². The standard InChI is InChI=1S/C15H24N.BrH/c1-4-7-13-16(5-2,6-3)14-15-11-9-8-10-12-15;/h4,8-12H,1,5-7,13-14H2,2-3H3;1H/q+1;/p-1. The highest BCUT2D eigenvalue weighted by atomic mass is 79.9. The fourth-order valence-electron chi connectivity index (χ4n) is 2.18. The van der Waals surface area contributed by atoms with E-state index in [1.54, 1.807) is 0 Å². The Balaban J connectivity index is 0.00000256. The Kier molecular flexibility index (Phi) is 8.19. The molecule has 96 valence electrons. The van der Waals surface area contributed by atoms with Gasteiger partial charge in [0, 0.05) is 12.0 Å². The average molecular weight is 298 g/mol. The van der Waals surface area contributed by atoms with Gasteiger partial charge in [-0.1, -0.05) is 36.4 Å². The minimum Gasteiger partial charge on any atom is -1.00 e. The van der Waals surface area contributed by atoms with Crippen LogP contribution in [0, 0.1) is 0 Å². The zero-order chi connectivity index (χ0) is 11.9. The number of benzene rings is 1. The van der Waals surface area contributed by atoms with Crippen LogP contribution in [-0.4, -0.2) is 24.1 Å². The lowest BCUT2D eigenvalue weighted by atomic mass is 10.1. The van der Waals surface area contributed by atoms with Crippen molar-refractivity contribution >= 4 is 0 Å². The zero-order valence-electron chi connectivity index (χ0n) is 11.0. The summed E-state index contributed by atoms with van der Waals surface area (Å²) in [6.45, 7) is 13.1. The molecule has 0 aliphatic carbocycles. The normalized spacial score (nSPS) is 10.7. The van der Waals surface area contributed by atoms with Gasteiger partial charge in [0.2, 0.25) is 0 Å². The van der Waals surface area contributed by atoms with Crippen molar-refractivity contribution in [3.63, 3.8) is 0 Å². The van der Waals surface area contributed by atoms with Crippen molar-refractivity contribution in [1.82, 2.24) is 0 Å². The summed E-state index contributed by atoms with van der Waals surface area (Å²) in [6, 6.07) is 10.8. The van der Waals surface area contributed by atoms with E-state index in [0.29, 0.717) is 0 Å². The lowest BCUT2D eigenvalue weighted by Crippen LogP contribution is -3.00. The van der Waals surface area contributed by atoms with Crippen molar-refractivity contribution in [3.8, 4) is 0 Å². The Morgan fingerprint density at radius 3 is 2.18 bits per heavy atom. The van der Waals surface area contributed by atoms with Gasteiger partial charge in [-0.25, -0.2) is 0 Å². The monoisotopic (exact) mass is 297 g/mol. The molecular weight excluding hydrogens is 274 g/mol. The van der Waals surface area contributed by atoms with E-state index in [1.165, 1.54) is 25.2 Å². The van der Waals surface area contributed by atoms with Gasteiger partial charge in [0.25, 0.3) is 0 Å². The quantitative estimate of drug-likeness (QED) is 0.511. The number of quaternary nitrogens is 1. The van der Waals surface area contributed by atoms with Crippen molar-refractivity contribution in [1.29, 1.82) is 0 Å². The number of hydrogen-bond acceptors (Lipinski definition) is 0. The van der Waals surface area contributed by atoms with Gasteiger partial charge in [-0.2, -0.15) is 0 Å². The molecule has 0 unspecified atom stereocenters. The van der Waals surface area contributed by atoms with Crippen LogP contribution in [0.15, 0.2) is 43.0 Å². The highest BCUT2D eigenvalue weighted by molar-refractivity contribution is 5.13. The molecule has 1 nitrogen and oxygen atoms in total. The Hall–Kier alpha value is -0.600. The molecule has 0 radical (unpaired) electrons. The minimum atomic E-state index is 0. The lowest BCUT2D eigenvalue weighted by molar-refractivity contribution is -0.937. The molecule has 0 aliphatic rings. The van der Waals surface area contributed by atoms with Gasteiger partial charge in [-0.05, 0) is 13.8 Å². The molecule has 0 fully saturated rings. The largest absolute Gasteiger partial charge is 1.00 e. The summed E-state index contributed by atoms with van der Waals surface area (Å²) in [5.41, 5.74) is 1.44. The third-order valence-corrected chi connectivity index (χ3v) is 3.51. The van der Waals surface area contributed by atoms with E-state index in [9.17, 15) is 0 Å². The highest BCUT2D eigenvalue weighted by Gasteiger charge is 2.22. The Morgan fingerprint density at radius 1 is 1.12 bits per heavy atom. The molecule has 17 heavy (non-hydrogen) atoms. The van der Waals surface area contributed by atoms with Crippen LogP contribution < -0.4 is 17.0 Å². The first kappa shape index (κ1) is 16.4. The molecule has 2 heteroatoms. The first-order chi connectivity index (χ1) is 7.76. The second-order valence-electron chi connectivity index (χ2n) is 4.42. The fraction of sp³-hybridized carbons (Fsp3) is 0.467. The van der Waals surface area contributed by atoms with Gasteiger partial charge >= 0.3 is 0 Å². The number of nitrogens with zero attached hydrogens (tertiary/aromatic N) is 1.